The van der Waals surface area contributed by atoms with E-state index in [0.717, 1.165) is 70.5 Å². The van der Waals surface area contributed by atoms with Crippen molar-refractivity contribution in [3.63, 3.8) is 0 Å². The molecule has 0 aromatic heterocycles. The van der Waals surface area contributed by atoms with Crippen LogP contribution < -0.4 is 15.0 Å². The molecule has 0 bridgehead atoms. The molecule has 29 heavy (non-hydrogen) atoms. The smallest absolute Gasteiger partial charge is 0.246 e. The lowest BCUT2D eigenvalue weighted by Gasteiger charge is -2.42. The second-order valence-electron chi connectivity index (χ2n) is 8.18. The van der Waals surface area contributed by atoms with Crippen LogP contribution in [0.1, 0.15) is 38.5 Å². The number of nitrogens with one attached hydrogen (secondary N) is 1. The van der Waals surface area contributed by atoms with Crippen molar-refractivity contribution in [1.29, 1.82) is 5.26 Å². The number of rotatable bonds is 2. The Labute approximate surface area is 172 Å². The third-order valence-corrected chi connectivity index (χ3v) is 6.48. The summed E-state index contributed by atoms with van der Waals surface area (Å²) in [5, 5.41) is 12.6. The number of piperazine rings is 1. The molecular weight excluding hydrogens is 366 g/mol. The number of hydrogen-bond donors (Lipinski definition) is 1. The van der Waals surface area contributed by atoms with Crippen molar-refractivity contribution >= 4 is 17.6 Å². The molecule has 1 spiro atoms. The average molecular weight is 396 g/mol. The van der Waals surface area contributed by atoms with E-state index in [1.54, 1.807) is 7.11 Å². The Bertz CT molecular complexity index is 797. The zero-order valence-electron chi connectivity index (χ0n) is 17.1. The Hall–Kier alpha value is -2.75. The molecule has 0 unspecified atom stereocenters. The van der Waals surface area contributed by atoms with Gasteiger partial charge in [-0.1, -0.05) is 25.7 Å². The van der Waals surface area contributed by atoms with Crippen LogP contribution in [0.4, 0.5) is 5.69 Å². The highest BCUT2D eigenvalue weighted by atomic mass is 16.5. The molecular formula is C22H29N5O2. The standard InChI is InChI=1S/C22H29N5O2/c1-29-18-8-6-17(7-9-18)26-12-14-27(15-13-26)21-24-20(28)19(16-23)22(25-21)10-4-2-3-5-11-22/h6-9,19H,2-5,10-15H2,1H3,(H,24,25,28)/t19-/m0/s1. The van der Waals surface area contributed by atoms with Crippen LogP contribution in [-0.4, -0.2) is 55.6 Å². The van der Waals surface area contributed by atoms with Gasteiger partial charge in [0, 0.05) is 31.9 Å². The van der Waals surface area contributed by atoms with Gasteiger partial charge in [0.2, 0.25) is 11.9 Å². The zero-order chi connectivity index (χ0) is 20.3. The summed E-state index contributed by atoms with van der Waals surface area (Å²) in [5.74, 6) is 0.659. The summed E-state index contributed by atoms with van der Waals surface area (Å²) in [6.07, 6.45) is 6.04. The monoisotopic (exact) mass is 395 g/mol. The Morgan fingerprint density at radius 1 is 1.07 bits per heavy atom. The number of aliphatic imine (C=N–C) groups is 1. The molecule has 1 amide bonds. The molecule has 1 saturated carbocycles. The molecule has 154 valence electrons. The minimum atomic E-state index is -0.676. The summed E-state index contributed by atoms with van der Waals surface area (Å²) in [7, 11) is 1.67. The van der Waals surface area contributed by atoms with Crippen molar-refractivity contribution in [2.75, 3.05) is 38.2 Å². The topological polar surface area (TPSA) is 81.0 Å². The van der Waals surface area contributed by atoms with E-state index in [0.29, 0.717) is 5.96 Å². The van der Waals surface area contributed by atoms with Gasteiger partial charge in [0.05, 0.1) is 18.7 Å². The highest BCUT2D eigenvalue weighted by Crippen LogP contribution is 2.39. The van der Waals surface area contributed by atoms with Crippen LogP contribution in [-0.2, 0) is 4.79 Å². The number of hydrogen-bond acceptors (Lipinski definition) is 6. The van der Waals surface area contributed by atoms with Gasteiger partial charge in [-0.05, 0) is 37.1 Å². The molecule has 1 aliphatic carbocycles. The highest BCUT2D eigenvalue weighted by Gasteiger charge is 2.47. The number of ether oxygens (including phenoxy) is 1. The van der Waals surface area contributed by atoms with Crippen LogP contribution >= 0.6 is 0 Å². The first-order valence-corrected chi connectivity index (χ1v) is 10.6. The Morgan fingerprint density at radius 3 is 2.28 bits per heavy atom. The maximum atomic E-state index is 12.7. The largest absolute Gasteiger partial charge is 0.497 e. The highest BCUT2D eigenvalue weighted by molar-refractivity contribution is 6.02. The molecule has 2 fully saturated rings. The number of carbonyl (C=O) groups is 1. The molecule has 1 N–H and O–H groups in total. The van der Waals surface area contributed by atoms with Gasteiger partial charge in [-0.2, -0.15) is 5.26 Å². The molecule has 7 nitrogen and oxygen atoms in total. The van der Waals surface area contributed by atoms with E-state index in [-0.39, 0.29) is 5.91 Å². The van der Waals surface area contributed by atoms with E-state index in [1.165, 1.54) is 5.69 Å². The number of nitriles is 1. The molecule has 1 aromatic rings. The van der Waals surface area contributed by atoms with E-state index < -0.39 is 11.5 Å². The number of carbonyl (C=O) groups excluding carboxylic acids is 1. The van der Waals surface area contributed by atoms with Crippen LogP contribution in [0.2, 0.25) is 0 Å². The summed E-state index contributed by atoms with van der Waals surface area (Å²) in [4.78, 5) is 22.3. The van der Waals surface area contributed by atoms with Crippen molar-refractivity contribution in [2.45, 2.75) is 44.1 Å². The lowest BCUT2D eigenvalue weighted by atomic mass is 9.77. The zero-order valence-corrected chi connectivity index (χ0v) is 17.1. The molecule has 0 radical (unpaired) electrons. The first-order chi connectivity index (χ1) is 14.1. The van der Waals surface area contributed by atoms with Gasteiger partial charge in [0.1, 0.15) is 5.75 Å². The van der Waals surface area contributed by atoms with Crippen molar-refractivity contribution in [3.05, 3.63) is 24.3 Å². The van der Waals surface area contributed by atoms with Crippen molar-refractivity contribution in [3.8, 4) is 11.8 Å². The van der Waals surface area contributed by atoms with Gasteiger partial charge in [0.15, 0.2) is 5.92 Å². The number of nitrogens with zero attached hydrogens (tertiary/aromatic N) is 4. The number of benzene rings is 1. The molecule has 1 aromatic carbocycles. The maximum Gasteiger partial charge on any atom is 0.246 e. The van der Waals surface area contributed by atoms with Crippen molar-refractivity contribution < 1.29 is 9.53 Å². The van der Waals surface area contributed by atoms with Crippen LogP contribution in [0.25, 0.3) is 0 Å². The van der Waals surface area contributed by atoms with E-state index in [2.05, 4.69) is 33.3 Å². The van der Waals surface area contributed by atoms with Gasteiger partial charge >= 0.3 is 0 Å². The van der Waals surface area contributed by atoms with Crippen molar-refractivity contribution in [1.82, 2.24) is 10.2 Å². The van der Waals surface area contributed by atoms with Crippen LogP contribution in [0.3, 0.4) is 0 Å². The van der Waals surface area contributed by atoms with Crippen molar-refractivity contribution in [2.24, 2.45) is 10.9 Å². The SMILES string of the molecule is COc1ccc(N2CCN(C3=NC4(CCCCCC4)[C@@H](C#N)C(=O)N3)CC2)cc1. The number of amides is 1. The van der Waals surface area contributed by atoms with Crippen LogP contribution in [0.15, 0.2) is 29.3 Å². The Morgan fingerprint density at radius 2 is 1.69 bits per heavy atom. The van der Waals surface area contributed by atoms with Gasteiger partial charge in [-0.15, -0.1) is 0 Å². The van der Waals surface area contributed by atoms with Gasteiger partial charge in [0.25, 0.3) is 0 Å². The molecule has 4 rings (SSSR count). The minimum absolute atomic E-state index is 0.183. The van der Waals surface area contributed by atoms with Crippen LogP contribution in [0, 0.1) is 17.2 Å². The Kier molecular flexibility index (Phi) is 5.61. The average Bonchev–Trinajstić information content (AvgIpc) is 2.99. The molecule has 7 heteroatoms. The summed E-state index contributed by atoms with van der Waals surface area (Å²) in [5.41, 5.74) is 0.626. The van der Waals surface area contributed by atoms with Gasteiger partial charge in [-0.3, -0.25) is 10.1 Å². The van der Waals surface area contributed by atoms with Gasteiger partial charge < -0.3 is 14.5 Å². The first kappa shape index (κ1) is 19.6. The van der Waals surface area contributed by atoms with E-state index >= 15 is 0 Å². The predicted octanol–water partition coefficient (Wildman–Crippen LogP) is 2.54. The summed E-state index contributed by atoms with van der Waals surface area (Å²) in [6, 6.07) is 10.4. The lowest BCUT2D eigenvalue weighted by molar-refractivity contribution is -0.124. The van der Waals surface area contributed by atoms with E-state index in [1.807, 2.05) is 12.1 Å². The van der Waals surface area contributed by atoms with E-state index in [9.17, 15) is 10.1 Å². The normalized spacial score (nSPS) is 24.3. The molecule has 2 heterocycles. The maximum absolute atomic E-state index is 12.7. The summed E-state index contributed by atoms with van der Waals surface area (Å²) in [6.45, 7) is 3.29. The number of guanidine groups is 1. The fraction of sp³-hybridized carbons (Fsp3) is 0.591. The number of methoxy groups -OCH3 is 1. The lowest BCUT2D eigenvalue weighted by Crippen LogP contribution is -2.60. The van der Waals surface area contributed by atoms with Gasteiger partial charge in [-0.25, -0.2) is 4.99 Å². The first-order valence-electron chi connectivity index (χ1n) is 10.6. The third kappa shape index (κ3) is 3.89. The second kappa shape index (κ2) is 8.32. The number of anilines is 1. The Balaban J connectivity index is 1.49. The fourth-order valence-electron chi connectivity index (χ4n) is 4.77. The third-order valence-electron chi connectivity index (χ3n) is 6.48. The second-order valence-corrected chi connectivity index (χ2v) is 8.18. The molecule has 2 aliphatic heterocycles. The summed E-state index contributed by atoms with van der Waals surface area (Å²) < 4.78 is 5.24. The molecule has 1 atom stereocenters. The molecule has 1 saturated heterocycles. The van der Waals surface area contributed by atoms with E-state index in [4.69, 9.17) is 9.73 Å². The fourth-order valence-corrected chi connectivity index (χ4v) is 4.77. The predicted molar refractivity (Wildman–Crippen MR) is 112 cm³/mol. The van der Waals surface area contributed by atoms with Crippen LogP contribution in [0.5, 0.6) is 5.75 Å². The molecule has 3 aliphatic rings. The minimum Gasteiger partial charge on any atom is -0.497 e. The quantitative estimate of drug-likeness (QED) is 0.832. The summed E-state index contributed by atoms with van der Waals surface area (Å²) >= 11 is 0.